The first-order valence-electron chi connectivity index (χ1n) is 11.5. The van der Waals surface area contributed by atoms with E-state index in [0.717, 1.165) is 6.42 Å². The summed E-state index contributed by atoms with van der Waals surface area (Å²) in [4.78, 5) is 0. The van der Waals surface area contributed by atoms with Crippen LogP contribution < -0.4 is 10.4 Å². The Bertz CT molecular complexity index is 1380. The van der Waals surface area contributed by atoms with Gasteiger partial charge in [0.25, 0.3) is 0 Å². The van der Waals surface area contributed by atoms with Gasteiger partial charge in [-0.3, -0.25) is 0 Å². The van der Waals surface area contributed by atoms with Crippen molar-refractivity contribution in [2.45, 2.75) is 45.2 Å². The summed E-state index contributed by atoms with van der Waals surface area (Å²) in [5.41, 5.74) is 12.6. The maximum absolute atomic E-state index is 2.57. The summed E-state index contributed by atoms with van der Waals surface area (Å²) in [5.74, 6) is 0. The summed E-state index contributed by atoms with van der Waals surface area (Å²) in [5, 5.41) is 6.42. The quantitative estimate of drug-likeness (QED) is 0.389. The van der Waals surface area contributed by atoms with Gasteiger partial charge in [-0.15, -0.1) is 0 Å². The molecule has 3 aromatic carbocycles. The third kappa shape index (κ3) is 1.97. The minimum atomic E-state index is -1.70. The molecule has 30 heavy (non-hydrogen) atoms. The monoisotopic (exact) mass is 402 g/mol. The average Bonchev–Trinajstić information content (AvgIpc) is 3.27. The van der Waals surface area contributed by atoms with Crippen LogP contribution in [0, 0.1) is 0 Å². The smallest absolute Gasteiger partial charge is 0.0839 e. The van der Waals surface area contributed by atoms with Crippen LogP contribution in [0.25, 0.3) is 33.5 Å². The van der Waals surface area contributed by atoms with Crippen LogP contribution in [0.4, 0.5) is 0 Å². The molecule has 0 N–H and O–H groups in total. The van der Waals surface area contributed by atoms with E-state index < -0.39 is 8.07 Å². The van der Waals surface area contributed by atoms with Gasteiger partial charge in [0.15, 0.2) is 0 Å². The van der Waals surface area contributed by atoms with Gasteiger partial charge < -0.3 is 0 Å². The zero-order valence-electron chi connectivity index (χ0n) is 17.8. The van der Waals surface area contributed by atoms with E-state index >= 15 is 0 Å². The van der Waals surface area contributed by atoms with Gasteiger partial charge in [0, 0.05) is 0 Å². The van der Waals surface area contributed by atoms with Gasteiger partial charge in [-0.1, -0.05) is 73.8 Å². The highest BCUT2D eigenvalue weighted by molar-refractivity contribution is 7.04. The summed E-state index contributed by atoms with van der Waals surface area (Å²) in [6, 6.07) is 14.2. The molecule has 146 valence electrons. The Labute approximate surface area is 179 Å². The number of benzene rings is 3. The molecule has 0 saturated carbocycles. The molecule has 0 aromatic heterocycles. The molecule has 1 heteroatoms. The lowest BCUT2D eigenvalue weighted by Gasteiger charge is -2.27. The van der Waals surface area contributed by atoms with E-state index in [1.807, 2.05) is 0 Å². The Hall–Kier alpha value is -2.64. The Kier molecular flexibility index (Phi) is 3.27. The number of allylic oxidation sites excluding steroid dienone is 5. The van der Waals surface area contributed by atoms with E-state index in [1.54, 1.807) is 54.7 Å². The summed E-state index contributed by atoms with van der Waals surface area (Å²) in [6.07, 6.45) is 15.5. The maximum atomic E-state index is 2.57. The lowest BCUT2D eigenvalue weighted by atomic mass is 9.82. The van der Waals surface area contributed by atoms with Crippen LogP contribution in [0.1, 0.15) is 41.5 Å². The molecule has 0 nitrogen and oxygen atoms in total. The molecule has 0 fully saturated rings. The summed E-state index contributed by atoms with van der Waals surface area (Å²) in [6.45, 7) is 5.14. The summed E-state index contributed by atoms with van der Waals surface area (Å²) >= 11 is 0. The molecule has 0 atom stereocenters. The lowest BCUT2D eigenvalue weighted by Crippen LogP contribution is -2.51. The van der Waals surface area contributed by atoms with Crippen LogP contribution in [0.3, 0.4) is 0 Å². The second kappa shape index (κ2) is 5.74. The van der Waals surface area contributed by atoms with Crippen LogP contribution in [0.15, 0.2) is 60.2 Å². The SMILES string of the molecule is C[Si]1(C)c2ccccc2-c2c1c1c(c3c4c(ccc23)CC2=C4CCC=C2)C=CCC1. The van der Waals surface area contributed by atoms with Crippen molar-refractivity contribution < 1.29 is 0 Å². The van der Waals surface area contributed by atoms with Crippen molar-refractivity contribution >= 4 is 40.9 Å². The van der Waals surface area contributed by atoms with E-state index in [1.165, 1.54) is 36.6 Å². The first-order chi connectivity index (χ1) is 14.7. The van der Waals surface area contributed by atoms with E-state index in [-0.39, 0.29) is 0 Å². The average molecular weight is 403 g/mol. The van der Waals surface area contributed by atoms with Crippen molar-refractivity contribution in [2.75, 3.05) is 0 Å². The Morgan fingerprint density at radius 1 is 0.833 bits per heavy atom. The van der Waals surface area contributed by atoms with Crippen molar-refractivity contribution in [3.63, 3.8) is 0 Å². The minimum Gasteiger partial charge on any atom is -0.0839 e. The standard InChI is InChI=1S/C29H26Si/c1-30(2)25-14-8-7-13-23(25)28-24-16-15-19-17-18-9-3-4-10-20(18)26(19)27(24)21-11-5-6-12-22(21)29(28)30/h3,5,7-9,11,13-16H,4,6,10,12,17H2,1-2H3. The van der Waals surface area contributed by atoms with Crippen molar-refractivity contribution in [3.8, 4) is 11.1 Å². The van der Waals surface area contributed by atoms with Gasteiger partial charge in [0.05, 0.1) is 0 Å². The molecular weight excluding hydrogens is 376 g/mol. The fourth-order valence-electron chi connectivity index (χ4n) is 6.79. The van der Waals surface area contributed by atoms with E-state index in [0.29, 0.717) is 0 Å². The first-order valence-corrected chi connectivity index (χ1v) is 14.5. The summed E-state index contributed by atoms with van der Waals surface area (Å²) < 4.78 is 0. The number of hydrogen-bond acceptors (Lipinski definition) is 0. The predicted molar refractivity (Wildman–Crippen MR) is 132 cm³/mol. The molecule has 0 unspecified atom stereocenters. The Morgan fingerprint density at radius 3 is 2.60 bits per heavy atom. The van der Waals surface area contributed by atoms with Crippen molar-refractivity contribution in [3.05, 3.63) is 82.5 Å². The summed E-state index contributed by atoms with van der Waals surface area (Å²) in [7, 11) is -1.70. The van der Waals surface area contributed by atoms with E-state index in [9.17, 15) is 0 Å². The van der Waals surface area contributed by atoms with Crippen LogP contribution in [0.5, 0.6) is 0 Å². The first kappa shape index (κ1) is 17.1. The van der Waals surface area contributed by atoms with Crippen LogP contribution in [-0.2, 0) is 12.8 Å². The van der Waals surface area contributed by atoms with Gasteiger partial charge in [-0.2, -0.15) is 0 Å². The van der Waals surface area contributed by atoms with Crippen LogP contribution >= 0.6 is 0 Å². The molecular formula is C29H26Si. The molecule has 0 saturated heterocycles. The van der Waals surface area contributed by atoms with Gasteiger partial charge in [-0.25, -0.2) is 0 Å². The van der Waals surface area contributed by atoms with Crippen LogP contribution in [0.2, 0.25) is 13.1 Å². The fraction of sp³-hybridized carbons (Fsp3) is 0.241. The minimum absolute atomic E-state index is 1.11. The molecule has 1 aliphatic heterocycles. The van der Waals surface area contributed by atoms with Crippen molar-refractivity contribution in [1.29, 1.82) is 0 Å². The normalized spacial score (nSPS) is 19.5. The third-order valence-corrected chi connectivity index (χ3v) is 11.6. The molecule has 3 aliphatic carbocycles. The highest BCUT2D eigenvalue weighted by Crippen LogP contribution is 2.48. The van der Waals surface area contributed by atoms with Gasteiger partial charge in [0.1, 0.15) is 8.07 Å². The van der Waals surface area contributed by atoms with Gasteiger partial charge in [-0.05, 0) is 97.8 Å². The van der Waals surface area contributed by atoms with E-state index in [2.05, 4.69) is 73.8 Å². The topological polar surface area (TPSA) is 0 Å². The third-order valence-electron chi connectivity index (χ3n) is 8.00. The second-order valence-corrected chi connectivity index (χ2v) is 14.2. The van der Waals surface area contributed by atoms with Gasteiger partial charge in [0.2, 0.25) is 0 Å². The molecule has 0 spiro atoms. The molecule has 4 aliphatic rings. The largest absolute Gasteiger partial charge is 0.114 e. The fourth-order valence-corrected chi connectivity index (χ4v) is 10.4. The molecule has 3 aromatic rings. The highest BCUT2D eigenvalue weighted by Gasteiger charge is 2.42. The predicted octanol–water partition coefficient (Wildman–Crippen LogP) is 6.26. The zero-order valence-corrected chi connectivity index (χ0v) is 18.8. The van der Waals surface area contributed by atoms with Crippen molar-refractivity contribution in [1.82, 2.24) is 0 Å². The van der Waals surface area contributed by atoms with Gasteiger partial charge >= 0.3 is 0 Å². The molecule has 7 rings (SSSR count). The molecule has 1 heterocycles. The molecule has 0 amide bonds. The Morgan fingerprint density at radius 2 is 1.67 bits per heavy atom. The zero-order chi connectivity index (χ0) is 20.0. The van der Waals surface area contributed by atoms with Crippen molar-refractivity contribution in [2.24, 2.45) is 0 Å². The van der Waals surface area contributed by atoms with E-state index in [4.69, 9.17) is 0 Å². The molecule has 0 bridgehead atoms. The molecule has 0 radical (unpaired) electrons. The second-order valence-electron chi connectivity index (χ2n) is 9.90. The maximum Gasteiger partial charge on any atom is 0.114 e. The lowest BCUT2D eigenvalue weighted by molar-refractivity contribution is 0.996. The number of hydrogen-bond donors (Lipinski definition) is 0. The van der Waals surface area contributed by atoms with Crippen LogP contribution in [-0.4, -0.2) is 8.07 Å². The number of fused-ring (bicyclic) bond motifs is 11. The number of rotatable bonds is 0. The highest BCUT2D eigenvalue weighted by atomic mass is 28.3. The Balaban J connectivity index is 1.70.